The molecule has 2 atom stereocenters. The van der Waals surface area contributed by atoms with E-state index in [9.17, 15) is 9.18 Å². The molecule has 5 rings (SSSR count). The average molecular weight is 568 g/mol. The summed E-state index contributed by atoms with van der Waals surface area (Å²) in [6.07, 6.45) is 0.684. The second-order valence-corrected chi connectivity index (χ2v) is 10.1. The third-order valence-corrected chi connectivity index (χ3v) is 7.08. The van der Waals surface area contributed by atoms with Crippen molar-refractivity contribution in [3.63, 3.8) is 0 Å². The van der Waals surface area contributed by atoms with Gasteiger partial charge in [-0.25, -0.2) is 14.8 Å². The molecule has 0 fully saturated rings. The van der Waals surface area contributed by atoms with E-state index in [0.717, 1.165) is 16.7 Å². The van der Waals surface area contributed by atoms with Crippen molar-refractivity contribution in [1.82, 2.24) is 10.9 Å². The van der Waals surface area contributed by atoms with E-state index < -0.39 is 11.6 Å². The molecular weight excluding hydrogens is 533 g/mol. The fraction of sp³-hybridized carbons (Fsp3) is 0.235. The molecule has 0 saturated carbocycles. The summed E-state index contributed by atoms with van der Waals surface area (Å²) in [6, 6.07) is 33.1. The van der Waals surface area contributed by atoms with E-state index in [0.29, 0.717) is 49.6 Å². The van der Waals surface area contributed by atoms with Crippen LogP contribution in [-0.4, -0.2) is 42.2 Å². The Morgan fingerprint density at radius 3 is 2.36 bits per heavy atom. The van der Waals surface area contributed by atoms with Crippen LogP contribution in [0.1, 0.15) is 34.8 Å². The number of hydrazine groups is 1. The third-order valence-electron chi connectivity index (χ3n) is 7.08. The van der Waals surface area contributed by atoms with Crippen LogP contribution in [0.4, 0.5) is 4.39 Å². The Morgan fingerprint density at radius 2 is 1.64 bits per heavy atom. The quantitative estimate of drug-likeness (QED) is 0.157. The summed E-state index contributed by atoms with van der Waals surface area (Å²) >= 11 is 0. The van der Waals surface area contributed by atoms with Gasteiger partial charge in [0.2, 0.25) is 5.90 Å². The van der Waals surface area contributed by atoms with Crippen LogP contribution in [0.15, 0.2) is 114 Å². The molecule has 7 nitrogen and oxygen atoms in total. The van der Waals surface area contributed by atoms with E-state index in [4.69, 9.17) is 19.6 Å². The summed E-state index contributed by atoms with van der Waals surface area (Å²) in [5, 5.41) is 9.02. The summed E-state index contributed by atoms with van der Waals surface area (Å²) < 4.78 is 25.8. The fourth-order valence-electron chi connectivity index (χ4n) is 4.97. The van der Waals surface area contributed by atoms with E-state index in [2.05, 4.69) is 10.9 Å². The van der Waals surface area contributed by atoms with Crippen LogP contribution in [0.5, 0.6) is 5.75 Å². The van der Waals surface area contributed by atoms with Crippen LogP contribution in [0.25, 0.3) is 0 Å². The monoisotopic (exact) mass is 567 g/mol. The van der Waals surface area contributed by atoms with Crippen molar-refractivity contribution < 1.29 is 23.8 Å². The summed E-state index contributed by atoms with van der Waals surface area (Å²) in [5.41, 5.74) is 7.87. The van der Waals surface area contributed by atoms with E-state index in [-0.39, 0.29) is 18.3 Å². The van der Waals surface area contributed by atoms with Crippen molar-refractivity contribution in [2.75, 3.05) is 19.8 Å². The molecule has 1 heterocycles. The Bertz CT molecular complexity index is 1480. The Balaban J connectivity index is 1.44. The first-order valence-corrected chi connectivity index (χ1v) is 14.0. The first-order valence-electron chi connectivity index (χ1n) is 14.0. The molecule has 0 aliphatic carbocycles. The molecule has 1 aliphatic heterocycles. The molecule has 0 radical (unpaired) electrons. The first kappa shape index (κ1) is 29.0. The van der Waals surface area contributed by atoms with Crippen LogP contribution in [0, 0.1) is 5.82 Å². The zero-order valence-corrected chi connectivity index (χ0v) is 23.2. The zero-order chi connectivity index (χ0) is 29.2. The van der Waals surface area contributed by atoms with Crippen LogP contribution in [0.3, 0.4) is 0 Å². The Hall–Kier alpha value is -4.53. The number of ether oxygens (including phenoxy) is 2. The number of benzene rings is 4. The van der Waals surface area contributed by atoms with Gasteiger partial charge in [-0.1, -0.05) is 72.8 Å². The Kier molecular flexibility index (Phi) is 9.59. The largest absolute Gasteiger partial charge is 0.494 e. The highest BCUT2D eigenvalue weighted by Crippen LogP contribution is 2.42. The molecule has 0 unspecified atom stereocenters. The molecule has 3 N–H and O–H groups in total. The number of nitrogens with zero attached hydrogens (tertiary/aromatic N) is 1. The van der Waals surface area contributed by atoms with Gasteiger partial charge in [-0.15, -0.1) is 0 Å². The van der Waals surface area contributed by atoms with Gasteiger partial charge in [-0.2, -0.15) is 0 Å². The maximum absolute atomic E-state index is 14.1. The fourth-order valence-corrected chi connectivity index (χ4v) is 4.97. The Morgan fingerprint density at radius 1 is 0.929 bits per heavy atom. The number of carbonyl (C=O) groups is 1. The van der Waals surface area contributed by atoms with E-state index >= 15 is 0 Å². The number of nitrogens with one attached hydrogen (secondary N) is 2. The van der Waals surface area contributed by atoms with Gasteiger partial charge in [0.25, 0.3) is 5.91 Å². The van der Waals surface area contributed by atoms with Crippen molar-refractivity contribution in [1.29, 1.82) is 0 Å². The number of aliphatic hydroxyl groups excluding tert-OH is 1. The highest BCUT2D eigenvalue weighted by Gasteiger charge is 2.53. The minimum atomic E-state index is -1.32. The maximum atomic E-state index is 14.1. The van der Waals surface area contributed by atoms with Crippen molar-refractivity contribution in [2.24, 2.45) is 4.99 Å². The second kappa shape index (κ2) is 13.9. The molecule has 216 valence electrons. The lowest BCUT2D eigenvalue weighted by Crippen LogP contribution is -2.54. The van der Waals surface area contributed by atoms with Crippen LogP contribution >= 0.6 is 0 Å². The number of hydrogen-bond acceptors (Lipinski definition) is 6. The second-order valence-electron chi connectivity index (χ2n) is 10.1. The number of amides is 1. The number of aliphatic imine (C=N–C) groups is 1. The van der Waals surface area contributed by atoms with Crippen LogP contribution in [0.2, 0.25) is 0 Å². The number of aliphatic hydroxyl groups is 1. The summed E-state index contributed by atoms with van der Waals surface area (Å²) in [6.45, 7) is 0.882. The van der Waals surface area contributed by atoms with Gasteiger partial charge < -0.3 is 14.6 Å². The minimum Gasteiger partial charge on any atom is -0.494 e. The number of rotatable bonds is 13. The molecule has 1 amide bonds. The predicted molar refractivity (Wildman–Crippen MR) is 160 cm³/mol. The highest BCUT2D eigenvalue weighted by molar-refractivity contribution is 6.01. The van der Waals surface area contributed by atoms with Gasteiger partial charge in [0.05, 0.1) is 6.61 Å². The van der Waals surface area contributed by atoms with Crippen LogP contribution in [-0.2, 0) is 22.4 Å². The summed E-state index contributed by atoms with van der Waals surface area (Å²) in [5.74, 6) is 0.398. The molecule has 0 bridgehead atoms. The standard InChI is InChI=1S/C34H34FN3O4/c35-29-14-7-11-25(23-29)19-20-36-38-33(40)34(24-26-9-3-1-4-10-26)31(27-12-5-2-6-13-27)42-32(37-34)28-15-17-30(18-16-28)41-22-8-21-39/h1-7,9-18,23,31,36,39H,8,19-22,24H2,(H,38,40)/t31-,34-/m0/s1. The SMILES string of the molecule is O=C(NNCCc1cccc(F)c1)[C@@]1(Cc2ccccc2)N=C(c2ccc(OCCCO)cc2)O[C@H]1c1ccccc1. The maximum Gasteiger partial charge on any atom is 0.266 e. The average Bonchev–Trinajstić information content (AvgIpc) is 3.41. The lowest BCUT2D eigenvalue weighted by Gasteiger charge is -2.30. The Labute approximate surface area is 245 Å². The smallest absolute Gasteiger partial charge is 0.266 e. The van der Waals surface area contributed by atoms with Crippen molar-refractivity contribution in [2.45, 2.75) is 30.9 Å². The third kappa shape index (κ3) is 7.02. The molecule has 42 heavy (non-hydrogen) atoms. The molecule has 0 saturated heterocycles. The van der Waals surface area contributed by atoms with Gasteiger partial charge in [0.15, 0.2) is 11.6 Å². The molecule has 1 aliphatic rings. The molecule has 4 aromatic carbocycles. The number of halogens is 1. The van der Waals surface area contributed by atoms with Crippen molar-refractivity contribution in [3.8, 4) is 5.75 Å². The van der Waals surface area contributed by atoms with Gasteiger partial charge >= 0.3 is 0 Å². The summed E-state index contributed by atoms with van der Waals surface area (Å²) in [7, 11) is 0. The van der Waals surface area contributed by atoms with Crippen LogP contribution < -0.4 is 15.6 Å². The van der Waals surface area contributed by atoms with Gasteiger partial charge in [0, 0.05) is 31.6 Å². The lowest BCUT2D eigenvalue weighted by molar-refractivity contribution is -0.130. The van der Waals surface area contributed by atoms with Gasteiger partial charge in [-0.05, 0) is 59.5 Å². The van der Waals surface area contributed by atoms with E-state index in [1.807, 2.05) is 91.0 Å². The summed E-state index contributed by atoms with van der Waals surface area (Å²) in [4.78, 5) is 19.2. The van der Waals surface area contributed by atoms with Crippen molar-refractivity contribution >= 4 is 11.8 Å². The molecule has 0 spiro atoms. The molecule has 0 aromatic heterocycles. The normalized spacial score (nSPS) is 17.8. The highest BCUT2D eigenvalue weighted by atomic mass is 19.1. The number of hydrogen-bond donors (Lipinski definition) is 3. The lowest BCUT2D eigenvalue weighted by atomic mass is 9.82. The molecule has 8 heteroatoms. The molecule has 4 aromatic rings. The minimum absolute atomic E-state index is 0.0643. The van der Waals surface area contributed by atoms with Crippen molar-refractivity contribution in [3.05, 3.63) is 137 Å². The molecular formula is C34H34FN3O4. The van der Waals surface area contributed by atoms with Gasteiger partial charge in [-0.3, -0.25) is 10.2 Å². The topological polar surface area (TPSA) is 92.2 Å². The first-order chi connectivity index (χ1) is 20.6. The van der Waals surface area contributed by atoms with E-state index in [1.54, 1.807) is 6.07 Å². The van der Waals surface area contributed by atoms with Gasteiger partial charge in [0.1, 0.15) is 11.6 Å². The number of carbonyl (C=O) groups excluding carboxylic acids is 1. The zero-order valence-electron chi connectivity index (χ0n) is 23.2. The predicted octanol–water partition coefficient (Wildman–Crippen LogP) is 4.95. The van der Waals surface area contributed by atoms with E-state index in [1.165, 1.54) is 12.1 Å².